The van der Waals surface area contributed by atoms with Gasteiger partial charge in [0.05, 0.1) is 6.04 Å². The van der Waals surface area contributed by atoms with Gasteiger partial charge in [0, 0.05) is 20.6 Å². The van der Waals surface area contributed by atoms with Crippen LogP contribution < -0.4 is 5.32 Å². The number of carbonyl (C=O) groups is 1. The lowest BCUT2D eigenvalue weighted by atomic mass is 10.2. The highest BCUT2D eigenvalue weighted by Crippen LogP contribution is 2.27. The monoisotopic (exact) mass is 426 g/mol. The summed E-state index contributed by atoms with van der Waals surface area (Å²) in [4.78, 5) is 16.1. The molecule has 1 aromatic heterocycles. The SMILES string of the molecule is O=C(NCC(c1cccs1)N1CCCC1)c1ccc(I)cc1. The molecule has 1 saturated heterocycles. The highest BCUT2D eigenvalue weighted by molar-refractivity contribution is 14.1. The molecular weight excluding hydrogens is 407 g/mol. The molecule has 22 heavy (non-hydrogen) atoms. The molecule has 2 aromatic rings. The fourth-order valence-corrected chi connectivity index (χ4v) is 4.06. The van der Waals surface area contributed by atoms with E-state index in [1.165, 1.54) is 17.7 Å². The number of halogens is 1. The molecule has 1 amide bonds. The molecule has 1 N–H and O–H groups in total. The minimum absolute atomic E-state index is 0.0113. The fourth-order valence-electron chi connectivity index (χ4n) is 2.84. The average molecular weight is 426 g/mol. The summed E-state index contributed by atoms with van der Waals surface area (Å²) in [5.41, 5.74) is 0.728. The van der Waals surface area contributed by atoms with Crippen molar-refractivity contribution in [1.82, 2.24) is 10.2 Å². The first-order valence-electron chi connectivity index (χ1n) is 7.55. The van der Waals surface area contributed by atoms with Crippen molar-refractivity contribution in [3.63, 3.8) is 0 Å². The van der Waals surface area contributed by atoms with E-state index in [4.69, 9.17) is 0 Å². The van der Waals surface area contributed by atoms with Crippen LogP contribution in [0.2, 0.25) is 0 Å². The Morgan fingerprint density at radius 1 is 1.23 bits per heavy atom. The molecule has 1 aromatic carbocycles. The molecule has 1 fully saturated rings. The zero-order valence-corrected chi connectivity index (χ0v) is 15.3. The molecule has 0 spiro atoms. The van der Waals surface area contributed by atoms with Crippen molar-refractivity contribution in [3.05, 3.63) is 55.8 Å². The minimum Gasteiger partial charge on any atom is -0.350 e. The first-order valence-corrected chi connectivity index (χ1v) is 9.51. The standard InChI is InChI=1S/C17H19IN2OS/c18-14-7-5-13(6-8-14)17(21)19-12-15(16-4-3-11-22-16)20-9-1-2-10-20/h3-8,11,15H,1-2,9-10,12H2,(H,19,21). The second kappa shape index (κ2) is 7.57. The van der Waals surface area contributed by atoms with Gasteiger partial charge in [-0.2, -0.15) is 0 Å². The number of rotatable bonds is 5. The number of likely N-dealkylation sites (tertiary alicyclic amines) is 1. The molecule has 116 valence electrons. The van der Waals surface area contributed by atoms with E-state index in [0.717, 1.165) is 22.2 Å². The Morgan fingerprint density at radius 3 is 2.59 bits per heavy atom. The third-order valence-corrected chi connectivity index (χ3v) is 5.71. The Labute approximate surface area is 148 Å². The lowest BCUT2D eigenvalue weighted by Crippen LogP contribution is -2.36. The van der Waals surface area contributed by atoms with Crippen molar-refractivity contribution in [3.8, 4) is 0 Å². The van der Waals surface area contributed by atoms with Gasteiger partial charge in [-0.25, -0.2) is 0 Å². The maximum absolute atomic E-state index is 12.3. The molecule has 1 aliphatic rings. The highest BCUT2D eigenvalue weighted by Gasteiger charge is 2.24. The third-order valence-electron chi connectivity index (χ3n) is 4.02. The van der Waals surface area contributed by atoms with Crippen LogP contribution in [0.1, 0.15) is 34.1 Å². The Morgan fingerprint density at radius 2 is 1.95 bits per heavy atom. The van der Waals surface area contributed by atoms with Crippen molar-refractivity contribution >= 4 is 39.8 Å². The molecule has 0 saturated carbocycles. The number of hydrogen-bond acceptors (Lipinski definition) is 3. The van der Waals surface area contributed by atoms with Crippen molar-refractivity contribution < 1.29 is 4.79 Å². The lowest BCUT2D eigenvalue weighted by molar-refractivity contribution is 0.0938. The fraction of sp³-hybridized carbons (Fsp3) is 0.353. The summed E-state index contributed by atoms with van der Waals surface area (Å²) in [6.07, 6.45) is 2.51. The largest absolute Gasteiger partial charge is 0.350 e. The van der Waals surface area contributed by atoms with Crippen LogP contribution in [0.25, 0.3) is 0 Å². The predicted octanol–water partition coefficient (Wildman–Crippen LogP) is 3.92. The maximum Gasteiger partial charge on any atom is 0.251 e. The van der Waals surface area contributed by atoms with Gasteiger partial charge < -0.3 is 5.32 Å². The molecule has 5 heteroatoms. The Kier molecular flexibility index (Phi) is 5.49. The molecule has 0 aliphatic carbocycles. The number of benzene rings is 1. The van der Waals surface area contributed by atoms with Gasteiger partial charge in [-0.1, -0.05) is 6.07 Å². The zero-order chi connectivity index (χ0) is 15.4. The van der Waals surface area contributed by atoms with Crippen molar-refractivity contribution in [2.45, 2.75) is 18.9 Å². The molecule has 1 unspecified atom stereocenters. The summed E-state index contributed by atoms with van der Waals surface area (Å²) < 4.78 is 1.14. The van der Waals surface area contributed by atoms with Crippen LogP contribution in [0, 0.1) is 3.57 Å². The quantitative estimate of drug-likeness (QED) is 0.736. The van der Waals surface area contributed by atoms with E-state index in [0.29, 0.717) is 12.6 Å². The summed E-state index contributed by atoms with van der Waals surface area (Å²) in [5.74, 6) is 0.0113. The summed E-state index contributed by atoms with van der Waals surface area (Å²) in [5, 5.41) is 5.22. The van der Waals surface area contributed by atoms with Crippen LogP contribution in [0.3, 0.4) is 0 Å². The van der Waals surface area contributed by atoms with Gasteiger partial charge in [-0.3, -0.25) is 9.69 Å². The number of hydrogen-bond donors (Lipinski definition) is 1. The van der Waals surface area contributed by atoms with Gasteiger partial charge in [-0.05, 0) is 84.2 Å². The second-order valence-corrected chi connectivity index (χ2v) is 7.72. The predicted molar refractivity (Wildman–Crippen MR) is 99.4 cm³/mol. The maximum atomic E-state index is 12.3. The van der Waals surface area contributed by atoms with E-state index in [9.17, 15) is 4.79 Å². The molecule has 2 heterocycles. The van der Waals surface area contributed by atoms with Gasteiger partial charge in [0.2, 0.25) is 0 Å². The van der Waals surface area contributed by atoms with Crippen LogP contribution >= 0.6 is 33.9 Å². The number of amides is 1. The molecular formula is C17H19IN2OS. The summed E-state index contributed by atoms with van der Waals surface area (Å²) >= 11 is 4.02. The van der Waals surface area contributed by atoms with E-state index in [2.05, 4.69) is 50.3 Å². The van der Waals surface area contributed by atoms with Crippen molar-refractivity contribution in [2.24, 2.45) is 0 Å². The lowest BCUT2D eigenvalue weighted by Gasteiger charge is -2.26. The second-order valence-electron chi connectivity index (χ2n) is 5.49. The zero-order valence-electron chi connectivity index (χ0n) is 12.3. The molecule has 0 radical (unpaired) electrons. The average Bonchev–Trinajstić information content (AvgIpc) is 3.22. The van der Waals surface area contributed by atoms with Crippen LogP contribution in [0.5, 0.6) is 0 Å². The number of nitrogens with one attached hydrogen (secondary N) is 1. The van der Waals surface area contributed by atoms with Crippen molar-refractivity contribution in [2.75, 3.05) is 19.6 Å². The van der Waals surface area contributed by atoms with Gasteiger partial charge >= 0.3 is 0 Å². The van der Waals surface area contributed by atoms with Gasteiger partial charge in [0.25, 0.3) is 5.91 Å². The highest BCUT2D eigenvalue weighted by atomic mass is 127. The topological polar surface area (TPSA) is 32.3 Å². The van der Waals surface area contributed by atoms with E-state index in [1.54, 1.807) is 11.3 Å². The van der Waals surface area contributed by atoms with E-state index >= 15 is 0 Å². The van der Waals surface area contributed by atoms with Gasteiger partial charge in [-0.15, -0.1) is 11.3 Å². The van der Waals surface area contributed by atoms with E-state index in [1.807, 2.05) is 24.3 Å². The first kappa shape index (κ1) is 16.0. The normalized spacial score (nSPS) is 16.6. The van der Waals surface area contributed by atoms with E-state index < -0.39 is 0 Å². The third kappa shape index (κ3) is 3.88. The molecule has 3 rings (SSSR count). The molecule has 1 aliphatic heterocycles. The van der Waals surface area contributed by atoms with E-state index in [-0.39, 0.29) is 5.91 Å². The van der Waals surface area contributed by atoms with Crippen LogP contribution in [-0.2, 0) is 0 Å². The Hall–Kier alpha value is -0.920. The van der Waals surface area contributed by atoms with Crippen molar-refractivity contribution in [1.29, 1.82) is 0 Å². The first-order chi connectivity index (χ1) is 10.7. The van der Waals surface area contributed by atoms with Crippen LogP contribution in [0.15, 0.2) is 41.8 Å². The molecule has 0 bridgehead atoms. The Bertz CT molecular complexity index is 606. The number of nitrogens with zero attached hydrogens (tertiary/aromatic N) is 1. The summed E-state index contributed by atoms with van der Waals surface area (Å²) in [6.45, 7) is 2.93. The van der Waals surface area contributed by atoms with Gasteiger partial charge in [0.1, 0.15) is 0 Å². The number of carbonyl (C=O) groups excluding carboxylic acids is 1. The van der Waals surface area contributed by atoms with Crippen LogP contribution in [0.4, 0.5) is 0 Å². The Balaban J connectivity index is 1.66. The smallest absolute Gasteiger partial charge is 0.251 e. The number of thiophene rings is 1. The molecule has 3 nitrogen and oxygen atoms in total. The summed E-state index contributed by atoms with van der Waals surface area (Å²) in [7, 11) is 0. The van der Waals surface area contributed by atoms with Crippen LogP contribution in [-0.4, -0.2) is 30.4 Å². The molecule has 1 atom stereocenters. The minimum atomic E-state index is 0.0113. The van der Waals surface area contributed by atoms with Gasteiger partial charge in [0.15, 0.2) is 0 Å². The summed E-state index contributed by atoms with van der Waals surface area (Å²) in [6, 6.07) is 12.3.